The molecular weight excluding hydrogens is 196 g/mol. The van der Waals surface area contributed by atoms with Crippen LogP contribution in [-0.2, 0) is 11.3 Å². The summed E-state index contributed by atoms with van der Waals surface area (Å²) in [4.78, 5) is 0. The molecule has 0 aliphatic rings. The van der Waals surface area contributed by atoms with Gasteiger partial charge in [0.05, 0.1) is 6.61 Å². The number of hydrogen-bond donors (Lipinski definition) is 0. The Hall–Kier alpha value is -0.820. The number of rotatable bonds is 8. The average Bonchev–Trinajstić information content (AvgIpc) is 2.30. The van der Waals surface area contributed by atoms with Crippen LogP contribution in [0, 0.1) is 6.92 Å². The molecule has 0 saturated heterocycles. The van der Waals surface area contributed by atoms with E-state index in [1.165, 1.54) is 43.2 Å². The summed E-state index contributed by atoms with van der Waals surface area (Å²) >= 11 is 0. The fraction of sp³-hybridized carbons (Fsp3) is 0.600. The Morgan fingerprint density at radius 3 is 2.31 bits per heavy atom. The summed E-state index contributed by atoms with van der Waals surface area (Å²) in [5, 5.41) is 0. The molecule has 1 nitrogen and oxygen atoms in total. The van der Waals surface area contributed by atoms with Gasteiger partial charge in [0, 0.05) is 6.61 Å². The van der Waals surface area contributed by atoms with Crippen molar-refractivity contribution in [2.24, 2.45) is 0 Å². The van der Waals surface area contributed by atoms with Gasteiger partial charge in [-0.1, -0.05) is 62.4 Å². The highest BCUT2D eigenvalue weighted by Crippen LogP contribution is 2.06. The standard InChI is InChI=1S/C15H24O/c1-3-4-5-6-7-12-16-13-15-10-8-14(2)9-11-15/h8-11H,3-7,12-13H2,1-2H3. The van der Waals surface area contributed by atoms with Gasteiger partial charge in [-0.25, -0.2) is 0 Å². The first kappa shape index (κ1) is 13.2. The molecule has 0 atom stereocenters. The van der Waals surface area contributed by atoms with E-state index < -0.39 is 0 Å². The highest BCUT2D eigenvalue weighted by atomic mass is 16.5. The smallest absolute Gasteiger partial charge is 0.0716 e. The molecule has 16 heavy (non-hydrogen) atoms. The molecule has 0 aliphatic heterocycles. The first-order valence-corrected chi connectivity index (χ1v) is 6.46. The van der Waals surface area contributed by atoms with Crippen molar-refractivity contribution in [1.82, 2.24) is 0 Å². The lowest BCUT2D eigenvalue weighted by Crippen LogP contribution is -1.95. The number of benzene rings is 1. The summed E-state index contributed by atoms with van der Waals surface area (Å²) in [5.74, 6) is 0. The molecule has 1 rings (SSSR count). The Labute approximate surface area is 99.8 Å². The maximum absolute atomic E-state index is 5.64. The number of hydrogen-bond acceptors (Lipinski definition) is 1. The van der Waals surface area contributed by atoms with Crippen LogP contribution in [0.4, 0.5) is 0 Å². The molecule has 90 valence electrons. The molecule has 0 bridgehead atoms. The van der Waals surface area contributed by atoms with Gasteiger partial charge in [-0.05, 0) is 18.9 Å². The normalized spacial score (nSPS) is 10.6. The second kappa shape index (κ2) is 8.35. The maximum Gasteiger partial charge on any atom is 0.0716 e. The third-order valence-corrected chi connectivity index (χ3v) is 2.78. The molecule has 0 spiro atoms. The van der Waals surface area contributed by atoms with Crippen LogP contribution in [0.25, 0.3) is 0 Å². The van der Waals surface area contributed by atoms with Crippen LogP contribution in [0.5, 0.6) is 0 Å². The first-order chi connectivity index (χ1) is 7.83. The van der Waals surface area contributed by atoms with E-state index >= 15 is 0 Å². The highest BCUT2D eigenvalue weighted by molar-refractivity contribution is 5.20. The lowest BCUT2D eigenvalue weighted by Gasteiger charge is -2.04. The molecular formula is C15H24O. The van der Waals surface area contributed by atoms with E-state index in [4.69, 9.17) is 4.74 Å². The Morgan fingerprint density at radius 2 is 1.62 bits per heavy atom. The minimum atomic E-state index is 0.758. The summed E-state index contributed by atoms with van der Waals surface area (Å²) in [5.41, 5.74) is 2.59. The summed E-state index contributed by atoms with van der Waals surface area (Å²) in [7, 11) is 0. The van der Waals surface area contributed by atoms with Gasteiger partial charge in [0.15, 0.2) is 0 Å². The monoisotopic (exact) mass is 220 g/mol. The minimum absolute atomic E-state index is 0.758. The van der Waals surface area contributed by atoms with E-state index in [1.54, 1.807) is 0 Å². The Balaban J connectivity index is 2.01. The van der Waals surface area contributed by atoms with Crippen LogP contribution in [0.1, 0.15) is 50.2 Å². The lowest BCUT2D eigenvalue weighted by atomic mass is 10.1. The van der Waals surface area contributed by atoms with Crippen molar-refractivity contribution in [3.8, 4) is 0 Å². The summed E-state index contributed by atoms with van der Waals surface area (Å²) in [6.07, 6.45) is 6.53. The van der Waals surface area contributed by atoms with Crippen LogP contribution in [0.2, 0.25) is 0 Å². The van der Waals surface area contributed by atoms with E-state index in [9.17, 15) is 0 Å². The molecule has 0 aromatic heterocycles. The molecule has 0 aliphatic carbocycles. The lowest BCUT2D eigenvalue weighted by molar-refractivity contribution is 0.116. The molecule has 0 radical (unpaired) electrons. The number of unbranched alkanes of at least 4 members (excludes halogenated alkanes) is 4. The van der Waals surface area contributed by atoms with Crippen molar-refractivity contribution in [3.05, 3.63) is 35.4 Å². The van der Waals surface area contributed by atoms with Gasteiger partial charge >= 0.3 is 0 Å². The van der Waals surface area contributed by atoms with Gasteiger partial charge < -0.3 is 4.74 Å². The van der Waals surface area contributed by atoms with Crippen LogP contribution in [0.3, 0.4) is 0 Å². The average molecular weight is 220 g/mol. The SMILES string of the molecule is CCCCCCCOCc1ccc(C)cc1. The number of aryl methyl sites for hydroxylation is 1. The van der Waals surface area contributed by atoms with E-state index in [0.29, 0.717) is 0 Å². The van der Waals surface area contributed by atoms with Crippen molar-refractivity contribution in [1.29, 1.82) is 0 Å². The summed E-state index contributed by atoms with van der Waals surface area (Å²) < 4.78 is 5.64. The second-order valence-electron chi connectivity index (χ2n) is 4.45. The van der Waals surface area contributed by atoms with Gasteiger partial charge in [0.1, 0.15) is 0 Å². The molecule has 1 aromatic carbocycles. The quantitative estimate of drug-likeness (QED) is 0.587. The van der Waals surface area contributed by atoms with Gasteiger partial charge in [-0.2, -0.15) is 0 Å². The van der Waals surface area contributed by atoms with Crippen LogP contribution in [-0.4, -0.2) is 6.61 Å². The predicted octanol–water partition coefficient (Wildman–Crippen LogP) is 4.48. The van der Waals surface area contributed by atoms with Gasteiger partial charge in [0.25, 0.3) is 0 Å². The van der Waals surface area contributed by atoms with E-state index in [0.717, 1.165) is 13.2 Å². The summed E-state index contributed by atoms with van der Waals surface area (Å²) in [6, 6.07) is 8.57. The van der Waals surface area contributed by atoms with Crippen LogP contribution in [0.15, 0.2) is 24.3 Å². The molecule has 0 amide bonds. The highest BCUT2D eigenvalue weighted by Gasteiger charge is 1.93. The molecule has 1 heteroatoms. The third-order valence-electron chi connectivity index (χ3n) is 2.78. The first-order valence-electron chi connectivity index (χ1n) is 6.46. The zero-order chi connectivity index (χ0) is 11.6. The Kier molecular flexibility index (Phi) is 6.91. The summed E-state index contributed by atoms with van der Waals surface area (Å²) in [6.45, 7) is 6.01. The predicted molar refractivity (Wildman–Crippen MR) is 69.6 cm³/mol. The maximum atomic E-state index is 5.64. The second-order valence-corrected chi connectivity index (χ2v) is 4.45. The zero-order valence-corrected chi connectivity index (χ0v) is 10.7. The fourth-order valence-electron chi connectivity index (χ4n) is 1.68. The van der Waals surface area contributed by atoms with E-state index in [2.05, 4.69) is 38.1 Å². The topological polar surface area (TPSA) is 9.23 Å². The Bertz CT molecular complexity index is 263. The molecule has 0 heterocycles. The van der Waals surface area contributed by atoms with E-state index in [-0.39, 0.29) is 0 Å². The molecule has 0 saturated carbocycles. The van der Waals surface area contributed by atoms with Crippen LogP contribution < -0.4 is 0 Å². The van der Waals surface area contributed by atoms with Crippen molar-refractivity contribution in [2.75, 3.05) is 6.61 Å². The largest absolute Gasteiger partial charge is 0.377 e. The molecule has 1 aromatic rings. The molecule has 0 fully saturated rings. The minimum Gasteiger partial charge on any atom is -0.377 e. The van der Waals surface area contributed by atoms with Crippen LogP contribution >= 0.6 is 0 Å². The van der Waals surface area contributed by atoms with Crippen molar-refractivity contribution in [3.63, 3.8) is 0 Å². The third kappa shape index (κ3) is 5.92. The van der Waals surface area contributed by atoms with E-state index in [1.807, 2.05) is 0 Å². The fourth-order valence-corrected chi connectivity index (χ4v) is 1.68. The zero-order valence-electron chi connectivity index (χ0n) is 10.7. The molecule has 0 unspecified atom stereocenters. The van der Waals surface area contributed by atoms with Crippen molar-refractivity contribution >= 4 is 0 Å². The molecule has 0 N–H and O–H groups in total. The van der Waals surface area contributed by atoms with Gasteiger partial charge in [0.2, 0.25) is 0 Å². The van der Waals surface area contributed by atoms with Crippen molar-refractivity contribution < 1.29 is 4.74 Å². The van der Waals surface area contributed by atoms with Crippen molar-refractivity contribution in [2.45, 2.75) is 52.6 Å². The van der Waals surface area contributed by atoms with Gasteiger partial charge in [-0.15, -0.1) is 0 Å². The van der Waals surface area contributed by atoms with Gasteiger partial charge in [-0.3, -0.25) is 0 Å². The number of ether oxygens (including phenoxy) is 1. The Morgan fingerprint density at radius 1 is 0.938 bits per heavy atom.